The molecule has 0 aromatic heterocycles. The Balaban J connectivity index is 2.12. The summed E-state index contributed by atoms with van der Waals surface area (Å²) in [5, 5.41) is 2.62. The molecular weight excluding hydrogens is 302 g/mol. The Labute approximate surface area is 132 Å². The average Bonchev–Trinajstić information content (AvgIpc) is 2.50. The van der Waals surface area contributed by atoms with Gasteiger partial charge in [0.15, 0.2) is 11.6 Å². The number of amides is 2. The van der Waals surface area contributed by atoms with Crippen LogP contribution >= 0.6 is 0 Å². The summed E-state index contributed by atoms with van der Waals surface area (Å²) in [6.45, 7) is 1.87. The molecule has 2 aromatic carbocycles. The minimum absolute atomic E-state index is 0.0233. The summed E-state index contributed by atoms with van der Waals surface area (Å²) in [7, 11) is 1.68. The van der Waals surface area contributed by atoms with Crippen LogP contribution < -0.4 is 5.32 Å². The van der Waals surface area contributed by atoms with Crippen molar-refractivity contribution in [1.29, 1.82) is 0 Å². The molecule has 120 valence electrons. The molecule has 0 saturated carbocycles. The van der Waals surface area contributed by atoms with Crippen LogP contribution in [0.15, 0.2) is 42.5 Å². The van der Waals surface area contributed by atoms with Crippen molar-refractivity contribution < 1.29 is 18.4 Å². The van der Waals surface area contributed by atoms with Crippen LogP contribution in [0.1, 0.15) is 22.8 Å². The monoisotopic (exact) mass is 318 g/mol. The van der Waals surface area contributed by atoms with Crippen LogP contribution in [-0.4, -0.2) is 23.8 Å². The van der Waals surface area contributed by atoms with Gasteiger partial charge in [0.25, 0.3) is 5.91 Å². The summed E-state index contributed by atoms with van der Waals surface area (Å²) in [6.07, 6.45) is 0. The van der Waals surface area contributed by atoms with Crippen LogP contribution in [-0.2, 0) is 11.3 Å². The van der Waals surface area contributed by atoms with Gasteiger partial charge in [-0.05, 0) is 35.9 Å². The predicted molar refractivity (Wildman–Crippen MR) is 82.9 cm³/mol. The fourth-order valence-electron chi connectivity index (χ4n) is 1.97. The molecule has 4 nitrogen and oxygen atoms in total. The van der Waals surface area contributed by atoms with Gasteiger partial charge in [0.2, 0.25) is 5.91 Å². The molecular formula is C17H16F2N2O2. The first kappa shape index (κ1) is 16.6. The van der Waals surface area contributed by atoms with Gasteiger partial charge in [0.05, 0.1) is 0 Å². The van der Waals surface area contributed by atoms with Crippen LogP contribution in [0.25, 0.3) is 0 Å². The molecule has 23 heavy (non-hydrogen) atoms. The predicted octanol–water partition coefficient (Wildman–Crippen LogP) is 3.20. The van der Waals surface area contributed by atoms with Gasteiger partial charge >= 0.3 is 0 Å². The largest absolute Gasteiger partial charge is 0.342 e. The van der Waals surface area contributed by atoms with E-state index in [0.717, 1.165) is 17.7 Å². The number of anilines is 1. The third kappa shape index (κ3) is 4.35. The normalized spacial score (nSPS) is 10.3. The second-order valence-corrected chi connectivity index (χ2v) is 5.16. The van der Waals surface area contributed by atoms with Crippen molar-refractivity contribution in [2.75, 3.05) is 12.4 Å². The lowest BCUT2D eigenvalue weighted by Gasteiger charge is -2.15. The minimum Gasteiger partial charge on any atom is -0.342 e. The standard InChI is InChI=1S/C17H16F2N2O2/c1-11(22)21(2)10-12-4-3-5-14(8-12)20-17(23)13-6-7-15(18)16(19)9-13/h3-9H,10H2,1-2H3,(H,20,23). The first-order valence-corrected chi connectivity index (χ1v) is 6.94. The maximum Gasteiger partial charge on any atom is 0.255 e. The molecule has 0 radical (unpaired) electrons. The number of hydrogen-bond donors (Lipinski definition) is 1. The Hall–Kier alpha value is -2.76. The molecule has 0 aliphatic heterocycles. The van der Waals surface area contributed by atoms with E-state index in [4.69, 9.17) is 0 Å². The molecule has 0 atom stereocenters. The molecule has 0 bridgehead atoms. The number of hydrogen-bond acceptors (Lipinski definition) is 2. The van der Waals surface area contributed by atoms with Gasteiger partial charge in [0, 0.05) is 31.8 Å². The van der Waals surface area contributed by atoms with E-state index in [1.54, 1.807) is 25.2 Å². The van der Waals surface area contributed by atoms with Crippen molar-refractivity contribution in [2.45, 2.75) is 13.5 Å². The van der Waals surface area contributed by atoms with Gasteiger partial charge in [-0.3, -0.25) is 9.59 Å². The number of rotatable bonds is 4. The van der Waals surface area contributed by atoms with E-state index in [9.17, 15) is 18.4 Å². The Morgan fingerprint density at radius 3 is 2.48 bits per heavy atom. The van der Waals surface area contributed by atoms with Crippen molar-refractivity contribution in [3.63, 3.8) is 0 Å². The van der Waals surface area contributed by atoms with E-state index in [0.29, 0.717) is 12.2 Å². The first-order valence-electron chi connectivity index (χ1n) is 6.94. The molecule has 2 rings (SSSR count). The molecule has 0 aliphatic carbocycles. The summed E-state index contributed by atoms with van der Waals surface area (Å²) in [6, 6.07) is 9.92. The zero-order valence-corrected chi connectivity index (χ0v) is 12.8. The smallest absolute Gasteiger partial charge is 0.255 e. The quantitative estimate of drug-likeness (QED) is 0.941. The molecule has 2 aromatic rings. The maximum absolute atomic E-state index is 13.2. The fourth-order valence-corrected chi connectivity index (χ4v) is 1.97. The van der Waals surface area contributed by atoms with Gasteiger partial charge < -0.3 is 10.2 Å². The highest BCUT2D eigenvalue weighted by atomic mass is 19.2. The van der Waals surface area contributed by atoms with Crippen LogP contribution in [0.4, 0.5) is 14.5 Å². The summed E-state index contributed by atoms with van der Waals surface area (Å²) in [5.74, 6) is -2.69. The summed E-state index contributed by atoms with van der Waals surface area (Å²) in [4.78, 5) is 24.8. The number of nitrogens with one attached hydrogen (secondary N) is 1. The average molecular weight is 318 g/mol. The molecule has 2 amide bonds. The number of carbonyl (C=O) groups excluding carboxylic acids is 2. The molecule has 0 aliphatic rings. The highest BCUT2D eigenvalue weighted by Crippen LogP contribution is 2.15. The molecule has 1 N–H and O–H groups in total. The molecule has 6 heteroatoms. The summed E-state index contributed by atoms with van der Waals surface area (Å²) < 4.78 is 26.1. The van der Waals surface area contributed by atoms with Gasteiger partial charge in [-0.2, -0.15) is 0 Å². The van der Waals surface area contributed by atoms with Crippen molar-refractivity contribution >= 4 is 17.5 Å². The zero-order chi connectivity index (χ0) is 17.0. The lowest BCUT2D eigenvalue weighted by molar-refractivity contribution is -0.128. The van der Waals surface area contributed by atoms with E-state index in [1.165, 1.54) is 17.9 Å². The van der Waals surface area contributed by atoms with Gasteiger partial charge in [-0.25, -0.2) is 8.78 Å². The SMILES string of the molecule is CC(=O)N(C)Cc1cccc(NC(=O)c2ccc(F)c(F)c2)c1. The molecule has 0 heterocycles. The Bertz CT molecular complexity index is 747. The highest BCUT2D eigenvalue weighted by molar-refractivity contribution is 6.04. The molecule has 0 fully saturated rings. The van der Waals surface area contributed by atoms with E-state index in [1.807, 2.05) is 6.07 Å². The Kier molecular flexibility index (Phi) is 5.05. The topological polar surface area (TPSA) is 49.4 Å². The second kappa shape index (κ2) is 7.00. The van der Waals surface area contributed by atoms with Crippen molar-refractivity contribution in [3.8, 4) is 0 Å². The van der Waals surface area contributed by atoms with Crippen molar-refractivity contribution in [3.05, 3.63) is 65.2 Å². The number of nitrogens with zero attached hydrogens (tertiary/aromatic N) is 1. The number of carbonyl (C=O) groups is 2. The van der Waals surface area contributed by atoms with E-state index in [-0.39, 0.29) is 11.5 Å². The van der Waals surface area contributed by atoms with Crippen LogP contribution in [0.5, 0.6) is 0 Å². The molecule has 0 saturated heterocycles. The third-order valence-corrected chi connectivity index (χ3v) is 3.32. The fraction of sp³-hybridized carbons (Fsp3) is 0.176. The van der Waals surface area contributed by atoms with E-state index >= 15 is 0 Å². The van der Waals surface area contributed by atoms with Crippen LogP contribution in [0.2, 0.25) is 0 Å². The first-order chi connectivity index (χ1) is 10.9. The van der Waals surface area contributed by atoms with E-state index in [2.05, 4.69) is 5.32 Å². The molecule has 0 spiro atoms. The van der Waals surface area contributed by atoms with E-state index < -0.39 is 17.5 Å². The lowest BCUT2D eigenvalue weighted by Crippen LogP contribution is -2.23. The second-order valence-electron chi connectivity index (χ2n) is 5.16. The van der Waals surface area contributed by atoms with Crippen molar-refractivity contribution in [1.82, 2.24) is 4.90 Å². The minimum atomic E-state index is -1.07. The van der Waals surface area contributed by atoms with Gasteiger partial charge in [0.1, 0.15) is 0 Å². The van der Waals surface area contributed by atoms with Gasteiger partial charge in [-0.1, -0.05) is 12.1 Å². The number of benzene rings is 2. The molecule has 0 unspecified atom stereocenters. The Morgan fingerprint density at radius 2 is 1.83 bits per heavy atom. The lowest BCUT2D eigenvalue weighted by atomic mass is 10.1. The highest BCUT2D eigenvalue weighted by Gasteiger charge is 2.10. The third-order valence-electron chi connectivity index (χ3n) is 3.32. The summed E-state index contributed by atoms with van der Waals surface area (Å²) >= 11 is 0. The maximum atomic E-state index is 13.2. The summed E-state index contributed by atoms with van der Waals surface area (Å²) in [5.41, 5.74) is 1.37. The number of halogens is 2. The Morgan fingerprint density at radius 1 is 1.09 bits per heavy atom. The van der Waals surface area contributed by atoms with Crippen LogP contribution in [0.3, 0.4) is 0 Å². The van der Waals surface area contributed by atoms with Crippen LogP contribution in [0, 0.1) is 11.6 Å². The van der Waals surface area contributed by atoms with Gasteiger partial charge in [-0.15, -0.1) is 0 Å². The van der Waals surface area contributed by atoms with Crippen molar-refractivity contribution in [2.24, 2.45) is 0 Å². The zero-order valence-electron chi connectivity index (χ0n) is 12.8.